The van der Waals surface area contributed by atoms with Gasteiger partial charge in [0.15, 0.2) is 0 Å². The van der Waals surface area contributed by atoms with Crippen LogP contribution >= 0.6 is 34.8 Å². The van der Waals surface area contributed by atoms with E-state index < -0.39 is 0 Å². The van der Waals surface area contributed by atoms with E-state index in [-0.39, 0.29) is 24.3 Å². The standard InChI is InChI=1S/C21H22Cl3N3O3/c1-30-19-5-3-2-4-17(19)26-21(29)13-6-8-27(9-7-13)12-20(28)25-18-11-15(23)14(22)10-16(18)24/h2-5,10-11,13H,6-9,12H2,1H3,(H,25,28)(H,26,29). The Labute approximate surface area is 190 Å². The van der Waals surface area contributed by atoms with E-state index in [4.69, 9.17) is 39.5 Å². The number of para-hydroxylation sites is 2. The maximum atomic E-state index is 12.6. The van der Waals surface area contributed by atoms with Crippen molar-refractivity contribution in [2.24, 2.45) is 5.92 Å². The number of amides is 2. The number of ether oxygens (including phenoxy) is 1. The third kappa shape index (κ3) is 5.79. The first-order valence-electron chi connectivity index (χ1n) is 9.48. The predicted octanol–water partition coefficient (Wildman–Crippen LogP) is 4.94. The van der Waals surface area contributed by atoms with Crippen LogP contribution in [0.4, 0.5) is 11.4 Å². The minimum Gasteiger partial charge on any atom is -0.495 e. The van der Waals surface area contributed by atoms with Gasteiger partial charge in [0.05, 0.1) is 40.1 Å². The van der Waals surface area contributed by atoms with Crippen molar-refractivity contribution in [1.29, 1.82) is 0 Å². The molecule has 1 heterocycles. The summed E-state index contributed by atoms with van der Waals surface area (Å²) in [6, 6.07) is 10.3. The SMILES string of the molecule is COc1ccccc1NC(=O)C1CCN(CC(=O)Nc2cc(Cl)c(Cl)cc2Cl)CC1. The molecule has 1 aliphatic rings. The summed E-state index contributed by atoms with van der Waals surface area (Å²) in [5.41, 5.74) is 1.08. The number of carbonyl (C=O) groups is 2. The Morgan fingerprint density at radius 3 is 2.37 bits per heavy atom. The molecule has 1 saturated heterocycles. The summed E-state index contributed by atoms with van der Waals surface area (Å²) < 4.78 is 5.27. The number of nitrogens with one attached hydrogen (secondary N) is 2. The molecule has 0 aromatic heterocycles. The fourth-order valence-electron chi connectivity index (χ4n) is 3.35. The fraction of sp³-hybridized carbons (Fsp3) is 0.333. The van der Waals surface area contributed by atoms with Gasteiger partial charge in [-0.15, -0.1) is 0 Å². The van der Waals surface area contributed by atoms with Gasteiger partial charge in [-0.2, -0.15) is 0 Å². The van der Waals surface area contributed by atoms with Gasteiger partial charge < -0.3 is 15.4 Å². The number of likely N-dealkylation sites (tertiary alicyclic amines) is 1. The van der Waals surface area contributed by atoms with Crippen molar-refractivity contribution < 1.29 is 14.3 Å². The van der Waals surface area contributed by atoms with Crippen molar-refractivity contribution >= 4 is 58.0 Å². The molecule has 3 rings (SSSR count). The summed E-state index contributed by atoms with van der Waals surface area (Å²) in [7, 11) is 1.57. The minimum absolute atomic E-state index is 0.0359. The summed E-state index contributed by atoms with van der Waals surface area (Å²) in [5.74, 6) is 0.276. The van der Waals surface area contributed by atoms with Gasteiger partial charge in [0.2, 0.25) is 11.8 Å². The number of benzene rings is 2. The van der Waals surface area contributed by atoms with Crippen LogP contribution in [0, 0.1) is 5.92 Å². The molecule has 0 saturated carbocycles. The van der Waals surface area contributed by atoms with Crippen molar-refractivity contribution in [3.8, 4) is 5.75 Å². The lowest BCUT2D eigenvalue weighted by atomic mass is 9.95. The first kappa shape index (κ1) is 22.7. The van der Waals surface area contributed by atoms with Crippen LogP contribution in [0.15, 0.2) is 36.4 Å². The van der Waals surface area contributed by atoms with Gasteiger partial charge in [0.1, 0.15) is 5.75 Å². The van der Waals surface area contributed by atoms with Crippen LogP contribution in [0.25, 0.3) is 0 Å². The number of piperidine rings is 1. The molecular weight excluding hydrogens is 449 g/mol. The molecule has 0 radical (unpaired) electrons. The minimum atomic E-state index is -0.202. The Hall–Kier alpha value is -1.99. The summed E-state index contributed by atoms with van der Waals surface area (Å²) in [4.78, 5) is 27.0. The van der Waals surface area contributed by atoms with Gasteiger partial charge in [0, 0.05) is 5.92 Å². The lowest BCUT2D eigenvalue weighted by molar-refractivity contribution is -0.121. The molecule has 30 heavy (non-hydrogen) atoms. The molecule has 0 spiro atoms. The quantitative estimate of drug-likeness (QED) is 0.586. The molecule has 1 aliphatic heterocycles. The maximum Gasteiger partial charge on any atom is 0.238 e. The Morgan fingerprint density at radius 1 is 1.00 bits per heavy atom. The zero-order valence-corrected chi connectivity index (χ0v) is 18.7. The van der Waals surface area contributed by atoms with E-state index in [1.807, 2.05) is 23.1 Å². The average Bonchev–Trinajstić information content (AvgIpc) is 2.73. The van der Waals surface area contributed by atoms with Gasteiger partial charge in [0.25, 0.3) is 0 Å². The van der Waals surface area contributed by atoms with E-state index in [1.54, 1.807) is 13.2 Å². The van der Waals surface area contributed by atoms with Gasteiger partial charge in [-0.1, -0.05) is 46.9 Å². The second kappa shape index (κ2) is 10.4. The van der Waals surface area contributed by atoms with E-state index >= 15 is 0 Å². The highest BCUT2D eigenvalue weighted by atomic mass is 35.5. The van der Waals surface area contributed by atoms with Gasteiger partial charge >= 0.3 is 0 Å². The molecule has 160 valence electrons. The third-order valence-corrected chi connectivity index (χ3v) is 6.01. The van der Waals surface area contributed by atoms with Crippen molar-refractivity contribution in [3.63, 3.8) is 0 Å². The molecule has 2 amide bonds. The monoisotopic (exact) mass is 469 g/mol. The highest BCUT2D eigenvalue weighted by Crippen LogP contribution is 2.32. The molecule has 0 atom stereocenters. The number of halogens is 3. The van der Waals surface area contributed by atoms with Crippen LogP contribution in [0.1, 0.15) is 12.8 Å². The van der Waals surface area contributed by atoms with Crippen molar-refractivity contribution in [1.82, 2.24) is 4.90 Å². The molecule has 0 bridgehead atoms. The number of rotatable bonds is 6. The highest BCUT2D eigenvalue weighted by Gasteiger charge is 2.26. The lowest BCUT2D eigenvalue weighted by Gasteiger charge is -2.30. The number of hydrogen-bond donors (Lipinski definition) is 2. The highest BCUT2D eigenvalue weighted by molar-refractivity contribution is 6.44. The first-order chi connectivity index (χ1) is 14.4. The van der Waals surface area contributed by atoms with Gasteiger partial charge in [-0.25, -0.2) is 0 Å². The number of methoxy groups -OCH3 is 1. The Balaban J connectivity index is 1.49. The molecular formula is C21H22Cl3N3O3. The second-order valence-corrected chi connectivity index (χ2v) is 8.26. The van der Waals surface area contributed by atoms with Crippen LogP contribution in [0.2, 0.25) is 15.1 Å². The molecule has 1 fully saturated rings. The van der Waals surface area contributed by atoms with E-state index in [0.29, 0.717) is 58.1 Å². The van der Waals surface area contributed by atoms with Crippen LogP contribution in [-0.2, 0) is 9.59 Å². The molecule has 2 aromatic rings. The molecule has 0 aliphatic carbocycles. The second-order valence-electron chi connectivity index (χ2n) is 7.03. The van der Waals surface area contributed by atoms with E-state index in [0.717, 1.165) is 0 Å². The average molecular weight is 471 g/mol. The van der Waals surface area contributed by atoms with E-state index in [9.17, 15) is 9.59 Å². The van der Waals surface area contributed by atoms with Crippen LogP contribution in [0.3, 0.4) is 0 Å². The lowest BCUT2D eigenvalue weighted by Crippen LogP contribution is -2.41. The van der Waals surface area contributed by atoms with Crippen LogP contribution in [-0.4, -0.2) is 43.5 Å². The molecule has 0 unspecified atom stereocenters. The Bertz CT molecular complexity index is 931. The fourth-order valence-corrected chi connectivity index (χ4v) is 3.94. The summed E-state index contributed by atoms with van der Waals surface area (Å²) in [6.07, 6.45) is 1.34. The maximum absolute atomic E-state index is 12.6. The van der Waals surface area contributed by atoms with Crippen molar-refractivity contribution in [2.45, 2.75) is 12.8 Å². The normalized spacial score (nSPS) is 14.9. The topological polar surface area (TPSA) is 70.7 Å². The number of hydrogen-bond acceptors (Lipinski definition) is 4. The molecule has 2 aromatic carbocycles. The summed E-state index contributed by atoms with van der Waals surface area (Å²) in [5, 5.41) is 6.66. The number of carbonyl (C=O) groups excluding carboxylic acids is 2. The zero-order chi connectivity index (χ0) is 21.7. The number of anilines is 2. The molecule has 6 nitrogen and oxygen atoms in total. The van der Waals surface area contributed by atoms with Gasteiger partial charge in [-0.05, 0) is 50.2 Å². The zero-order valence-electron chi connectivity index (χ0n) is 16.4. The van der Waals surface area contributed by atoms with E-state index in [1.165, 1.54) is 12.1 Å². The Kier molecular flexibility index (Phi) is 7.83. The molecule has 9 heteroatoms. The van der Waals surface area contributed by atoms with Crippen LogP contribution in [0.5, 0.6) is 5.75 Å². The molecule has 2 N–H and O–H groups in total. The predicted molar refractivity (Wildman–Crippen MR) is 121 cm³/mol. The third-order valence-electron chi connectivity index (χ3n) is 4.97. The Morgan fingerprint density at radius 2 is 1.67 bits per heavy atom. The smallest absolute Gasteiger partial charge is 0.238 e. The summed E-state index contributed by atoms with van der Waals surface area (Å²) in [6.45, 7) is 1.50. The van der Waals surface area contributed by atoms with Crippen molar-refractivity contribution in [3.05, 3.63) is 51.5 Å². The van der Waals surface area contributed by atoms with Crippen LogP contribution < -0.4 is 15.4 Å². The first-order valence-corrected chi connectivity index (χ1v) is 10.6. The number of nitrogens with zero attached hydrogens (tertiary/aromatic N) is 1. The largest absolute Gasteiger partial charge is 0.495 e. The van der Waals surface area contributed by atoms with Crippen molar-refractivity contribution in [2.75, 3.05) is 37.4 Å². The van der Waals surface area contributed by atoms with Gasteiger partial charge in [-0.3, -0.25) is 14.5 Å². The van der Waals surface area contributed by atoms with E-state index in [2.05, 4.69) is 10.6 Å². The summed E-state index contributed by atoms with van der Waals surface area (Å²) >= 11 is 18.0.